The smallest absolute Gasteiger partial charge is 0.223 e. The summed E-state index contributed by atoms with van der Waals surface area (Å²) in [5.74, 6) is 0.509. The first kappa shape index (κ1) is 19.8. The highest BCUT2D eigenvalue weighted by Gasteiger charge is 2.26. The van der Waals surface area contributed by atoms with E-state index in [1.54, 1.807) is 6.20 Å². The van der Waals surface area contributed by atoms with Crippen LogP contribution < -0.4 is 0 Å². The van der Waals surface area contributed by atoms with Gasteiger partial charge in [-0.2, -0.15) is 0 Å². The molecule has 0 spiro atoms. The first-order chi connectivity index (χ1) is 14.0. The number of amides is 1. The van der Waals surface area contributed by atoms with Crippen molar-refractivity contribution in [3.63, 3.8) is 0 Å². The summed E-state index contributed by atoms with van der Waals surface area (Å²) in [6, 6.07) is 7.81. The number of piperidine rings is 1. The van der Waals surface area contributed by atoms with E-state index in [2.05, 4.69) is 9.97 Å². The Kier molecular flexibility index (Phi) is 5.78. The molecular weight excluding hydrogens is 384 g/mol. The number of nitrogens with zero attached hydrogens (tertiary/aromatic N) is 3. The average Bonchev–Trinajstić information content (AvgIpc) is 3.39. The minimum atomic E-state index is -0.0324. The Hall–Kier alpha value is -2.51. The molecule has 1 aromatic carbocycles. The van der Waals surface area contributed by atoms with E-state index in [0.29, 0.717) is 22.9 Å². The van der Waals surface area contributed by atoms with Crippen molar-refractivity contribution in [1.29, 1.82) is 0 Å². The number of aromatic amines is 1. The van der Waals surface area contributed by atoms with Crippen LogP contribution in [0, 0.1) is 0 Å². The Morgan fingerprint density at radius 2 is 2.00 bits per heavy atom. The van der Waals surface area contributed by atoms with Gasteiger partial charge in [0.15, 0.2) is 5.01 Å². The summed E-state index contributed by atoms with van der Waals surface area (Å²) >= 11 is 1.42. The Morgan fingerprint density at radius 1 is 1.24 bits per heavy atom. The van der Waals surface area contributed by atoms with E-state index in [0.717, 1.165) is 49.1 Å². The SMILES string of the molecule is CN(C)CCC(=O)N1CCC(c2csc(C(=O)c3c[nH]c4ccccc34)n2)CC1. The molecule has 1 amide bonds. The maximum atomic E-state index is 13.0. The molecule has 152 valence electrons. The fourth-order valence-corrected chi connectivity index (χ4v) is 4.71. The molecule has 2 aromatic heterocycles. The maximum Gasteiger partial charge on any atom is 0.223 e. The number of likely N-dealkylation sites (tertiary alicyclic amines) is 1. The lowest BCUT2D eigenvalue weighted by atomic mass is 9.94. The monoisotopic (exact) mass is 410 g/mol. The maximum absolute atomic E-state index is 13.0. The molecule has 1 saturated heterocycles. The average molecular weight is 411 g/mol. The molecule has 0 unspecified atom stereocenters. The molecule has 0 aliphatic carbocycles. The molecule has 7 heteroatoms. The molecule has 1 fully saturated rings. The summed E-state index contributed by atoms with van der Waals surface area (Å²) in [7, 11) is 3.97. The third-order valence-electron chi connectivity index (χ3n) is 5.59. The molecular formula is C22H26N4O2S. The molecule has 4 rings (SSSR count). The summed E-state index contributed by atoms with van der Waals surface area (Å²) in [5, 5.41) is 3.48. The Bertz CT molecular complexity index is 1010. The molecule has 0 bridgehead atoms. The van der Waals surface area contributed by atoms with Gasteiger partial charge in [0.05, 0.1) is 11.3 Å². The third kappa shape index (κ3) is 4.26. The Morgan fingerprint density at radius 3 is 2.76 bits per heavy atom. The van der Waals surface area contributed by atoms with Gasteiger partial charge in [-0.05, 0) is 33.0 Å². The summed E-state index contributed by atoms with van der Waals surface area (Å²) in [6.45, 7) is 2.31. The second-order valence-corrected chi connectivity index (χ2v) is 8.72. The van der Waals surface area contributed by atoms with Gasteiger partial charge in [-0.1, -0.05) is 18.2 Å². The van der Waals surface area contributed by atoms with Crippen LogP contribution in [0.3, 0.4) is 0 Å². The number of benzene rings is 1. The number of carbonyl (C=O) groups excluding carboxylic acids is 2. The number of nitrogens with one attached hydrogen (secondary N) is 1. The number of carbonyl (C=O) groups is 2. The topological polar surface area (TPSA) is 69.3 Å². The molecule has 0 saturated carbocycles. The number of fused-ring (bicyclic) bond motifs is 1. The van der Waals surface area contributed by atoms with Crippen molar-refractivity contribution in [1.82, 2.24) is 19.8 Å². The van der Waals surface area contributed by atoms with E-state index in [1.165, 1.54) is 11.3 Å². The van der Waals surface area contributed by atoms with Crippen LogP contribution in [0.5, 0.6) is 0 Å². The molecule has 29 heavy (non-hydrogen) atoms. The van der Waals surface area contributed by atoms with Crippen molar-refractivity contribution >= 4 is 33.9 Å². The van der Waals surface area contributed by atoms with Crippen LogP contribution in [0.4, 0.5) is 0 Å². The standard InChI is InChI=1S/C22H26N4O2S/c1-25(2)10-9-20(27)26-11-7-15(8-12-26)19-14-29-22(24-19)21(28)17-13-23-18-6-4-3-5-16(17)18/h3-6,13-15,23H,7-12H2,1-2H3. The summed E-state index contributed by atoms with van der Waals surface area (Å²) < 4.78 is 0. The van der Waals surface area contributed by atoms with Gasteiger partial charge in [-0.3, -0.25) is 9.59 Å². The van der Waals surface area contributed by atoms with Gasteiger partial charge in [0.2, 0.25) is 11.7 Å². The second-order valence-electron chi connectivity index (χ2n) is 7.86. The van der Waals surface area contributed by atoms with E-state index in [-0.39, 0.29) is 11.7 Å². The van der Waals surface area contributed by atoms with Gasteiger partial charge < -0.3 is 14.8 Å². The highest BCUT2D eigenvalue weighted by atomic mass is 32.1. The highest BCUT2D eigenvalue weighted by molar-refractivity contribution is 7.12. The predicted molar refractivity (Wildman–Crippen MR) is 116 cm³/mol. The Labute approximate surface area is 174 Å². The van der Waals surface area contributed by atoms with Gasteiger partial charge in [-0.25, -0.2) is 4.98 Å². The normalized spacial score (nSPS) is 15.3. The Balaban J connectivity index is 1.40. The summed E-state index contributed by atoms with van der Waals surface area (Å²) in [6.07, 6.45) is 4.14. The predicted octanol–water partition coefficient (Wildman–Crippen LogP) is 3.51. The number of thiazole rings is 1. The molecule has 0 radical (unpaired) electrons. The van der Waals surface area contributed by atoms with Crippen molar-refractivity contribution < 1.29 is 9.59 Å². The molecule has 1 aliphatic rings. The quantitative estimate of drug-likeness (QED) is 0.632. The van der Waals surface area contributed by atoms with E-state index in [4.69, 9.17) is 0 Å². The molecule has 0 atom stereocenters. The number of para-hydroxylation sites is 1. The van der Waals surface area contributed by atoms with Crippen molar-refractivity contribution in [2.24, 2.45) is 0 Å². The van der Waals surface area contributed by atoms with Crippen LogP contribution in [0.1, 0.15) is 46.2 Å². The lowest BCUT2D eigenvalue weighted by Gasteiger charge is -2.31. The van der Waals surface area contributed by atoms with Crippen LogP contribution >= 0.6 is 11.3 Å². The number of ketones is 1. The van der Waals surface area contributed by atoms with E-state index in [1.807, 2.05) is 53.5 Å². The lowest BCUT2D eigenvalue weighted by molar-refractivity contribution is -0.132. The van der Waals surface area contributed by atoms with Crippen LogP contribution in [0.15, 0.2) is 35.8 Å². The van der Waals surface area contributed by atoms with Crippen molar-refractivity contribution in [3.8, 4) is 0 Å². The van der Waals surface area contributed by atoms with Gasteiger partial charge in [0.25, 0.3) is 0 Å². The zero-order valence-electron chi connectivity index (χ0n) is 16.9. The lowest BCUT2D eigenvalue weighted by Crippen LogP contribution is -2.39. The summed E-state index contributed by atoms with van der Waals surface area (Å²) in [5.41, 5.74) is 2.61. The zero-order chi connectivity index (χ0) is 20.4. The van der Waals surface area contributed by atoms with Crippen molar-refractivity contribution in [2.45, 2.75) is 25.2 Å². The number of rotatable bonds is 6. The number of aromatic nitrogens is 2. The fraction of sp³-hybridized carbons (Fsp3) is 0.409. The minimum Gasteiger partial charge on any atom is -0.360 e. The first-order valence-corrected chi connectivity index (χ1v) is 10.9. The third-order valence-corrected chi connectivity index (χ3v) is 6.45. The van der Waals surface area contributed by atoms with Crippen molar-refractivity contribution in [3.05, 3.63) is 52.1 Å². The first-order valence-electron chi connectivity index (χ1n) is 10.0. The zero-order valence-corrected chi connectivity index (χ0v) is 17.7. The summed E-state index contributed by atoms with van der Waals surface area (Å²) in [4.78, 5) is 37.1. The highest BCUT2D eigenvalue weighted by Crippen LogP contribution is 2.30. The van der Waals surface area contributed by atoms with Gasteiger partial charge in [-0.15, -0.1) is 11.3 Å². The van der Waals surface area contributed by atoms with Gasteiger partial charge in [0, 0.05) is 54.5 Å². The van der Waals surface area contributed by atoms with E-state index in [9.17, 15) is 9.59 Å². The minimum absolute atomic E-state index is 0.0324. The number of H-pyrrole nitrogens is 1. The fourth-order valence-electron chi connectivity index (χ4n) is 3.85. The van der Waals surface area contributed by atoms with Crippen LogP contribution in [-0.2, 0) is 4.79 Å². The number of hydrogen-bond donors (Lipinski definition) is 1. The van der Waals surface area contributed by atoms with Crippen LogP contribution in [0.2, 0.25) is 0 Å². The van der Waals surface area contributed by atoms with Crippen LogP contribution in [0.25, 0.3) is 10.9 Å². The van der Waals surface area contributed by atoms with Gasteiger partial charge in [0.1, 0.15) is 0 Å². The molecule has 6 nitrogen and oxygen atoms in total. The molecule has 1 aliphatic heterocycles. The molecule has 3 aromatic rings. The van der Waals surface area contributed by atoms with Crippen LogP contribution in [-0.4, -0.2) is 65.2 Å². The molecule has 3 heterocycles. The van der Waals surface area contributed by atoms with Crippen molar-refractivity contribution in [2.75, 3.05) is 33.7 Å². The van der Waals surface area contributed by atoms with E-state index >= 15 is 0 Å². The second kappa shape index (κ2) is 8.47. The molecule has 1 N–H and O–H groups in total. The number of hydrogen-bond acceptors (Lipinski definition) is 5. The van der Waals surface area contributed by atoms with E-state index < -0.39 is 0 Å². The largest absolute Gasteiger partial charge is 0.360 e. The van der Waals surface area contributed by atoms with Gasteiger partial charge >= 0.3 is 0 Å².